The maximum Gasteiger partial charge on any atom is 0.0360 e. The fraction of sp³-hybridized carbons (Fsp3) is 0.625. The van der Waals surface area contributed by atoms with E-state index in [9.17, 15) is 0 Å². The standard InChI is InChI=1S/C8H15N/c1-4-9-7-5-6-8(2)3/h5-8H,4H2,1-3H3/b6-5-,9-7?. The largest absolute Gasteiger partial charge is 0.293 e. The summed E-state index contributed by atoms with van der Waals surface area (Å²) in [4.78, 5) is 4.03. The summed E-state index contributed by atoms with van der Waals surface area (Å²) in [5.74, 6) is 0.633. The minimum Gasteiger partial charge on any atom is -0.293 e. The molecular weight excluding hydrogens is 110 g/mol. The molecule has 0 aromatic rings. The van der Waals surface area contributed by atoms with Crippen molar-refractivity contribution in [2.75, 3.05) is 6.54 Å². The highest BCUT2D eigenvalue weighted by atomic mass is 14.7. The van der Waals surface area contributed by atoms with Gasteiger partial charge in [-0.05, 0) is 18.9 Å². The van der Waals surface area contributed by atoms with Crippen LogP contribution in [0.1, 0.15) is 20.8 Å². The van der Waals surface area contributed by atoms with Gasteiger partial charge in [-0.2, -0.15) is 0 Å². The molecule has 0 aliphatic carbocycles. The van der Waals surface area contributed by atoms with Gasteiger partial charge in [-0.3, -0.25) is 4.99 Å². The SMILES string of the molecule is CCN=C/C=C\C(C)C. The van der Waals surface area contributed by atoms with Gasteiger partial charge in [0.05, 0.1) is 0 Å². The molecule has 9 heavy (non-hydrogen) atoms. The topological polar surface area (TPSA) is 12.4 Å². The molecule has 0 aromatic heterocycles. The zero-order valence-electron chi connectivity index (χ0n) is 6.46. The molecule has 0 saturated heterocycles. The molecule has 0 spiro atoms. The molecule has 0 atom stereocenters. The molecule has 1 nitrogen and oxygen atoms in total. The van der Waals surface area contributed by atoms with Crippen LogP contribution in [0.25, 0.3) is 0 Å². The second-order valence-electron chi connectivity index (χ2n) is 2.28. The Kier molecular flexibility index (Phi) is 5.18. The molecule has 0 fully saturated rings. The smallest absolute Gasteiger partial charge is 0.0360 e. The number of nitrogens with zero attached hydrogens (tertiary/aromatic N) is 1. The first-order chi connectivity index (χ1) is 4.27. The van der Waals surface area contributed by atoms with Crippen LogP contribution in [0.4, 0.5) is 0 Å². The molecule has 52 valence electrons. The van der Waals surface area contributed by atoms with Gasteiger partial charge in [0, 0.05) is 12.8 Å². The normalized spacial score (nSPS) is 12.4. The average molecular weight is 125 g/mol. The van der Waals surface area contributed by atoms with Crippen molar-refractivity contribution in [3.63, 3.8) is 0 Å². The summed E-state index contributed by atoms with van der Waals surface area (Å²) in [6, 6.07) is 0. The number of allylic oxidation sites excluding steroid dienone is 2. The lowest BCUT2D eigenvalue weighted by atomic mass is 10.2. The van der Waals surface area contributed by atoms with Gasteiger partial charge >= 0.3 is 0 Å². The first-order valence-corrected chi connectivity index (χ1v) is 3.44. The van der Waals surface area contributed by atoms with Crippen LogP contribution < -0.4 is 0 Å². The molecule has 0 radical (unpaired) electrons. The minimum absolute atomic E-state index is 0.633. The Labute approximate surface area is 57.5 Å². The average Bonchev–Trinajstić information content (AvgIpc) is 1.80. The number of aliphatic imine (C=N–C) groups is 1. The zero-order valence-corrected chi connectivity index (χ0v) is 6.46. The van der Waals surface area contributed by atoms with Crippen LogP contribution in [0.2, 0.25) is 0 Å². The van der Waals surface area contributed by atoms with Crippen LogP contribution in [-0.2, 0) is 0 Å². The van der Waals surface area contributed by atoms with Gasteiger partial charge in [0.2, 0.25) is 0 Å². The van der Waals surface area contributed by atoms with Gasteiger partial charge in [-0.25, -0.2) is 0 Å². The van der Waals surface area contributed by atoms with Gasteiger partial charge in [0.25, 0.3) is 0 Å². The predicted molar refractivity (Wildman–Crippen MR) is 43.0 cm³/mol. The third kappa shape index (κ3) is 7.41. The summed E-state index contributed by atoms with van der Waals surface area (Å²) in [5, 5.41) is 0. The summed E-state index contributed by atoms with van der Waals surface area (Å²) in [7, 11) is 0. The highest BCUT2D eigenvalue weighted by Crippen LogP contribution is 1.90. The monoisotopic (exact) mass is 125 g/mol. The summed E-state index contributed by atoms with van der Waals surface area (Å²) in [6.07, 6.45) is 5.97. The van der Waals surface area contributed by atoms with Crippen molar-refractivity contribution < 1.29 is 0 Å². The van der Waals surface area contributed by atoms with Crippen LogP contribution in [0.5, 0.6) is 0 Å². The van der Waals surface area contributed by atoms with E-state index in [-0.39, 0.29) is 0 Å². The van der Waals surface area contributed by atoms with E-state index >= 15 is 0 Å². The number of hydrogen-bond acceptors (Lipinski definition) is 1. The van der Waals surface area contributed by atoms with Crippen molar-refractivity contribution in [2.45, 2.75) is 20.8 Å². The van der Waals surface area contributed by atoms with E-state index in [1.165, 1.54) is 0 Å². The van der Waals surface area contributed by atoms with Gasteiger partial charge in [0.1, 0.15) is 0 Å². The maximum atomic E-state index is 4.03. The predicted octanol–water partition coefficient (Wildman–Crippen LogP) is 2.29. The lowest BCUT2D eigenvalue weighted by Gasteiger charge is -1.88. The van der Waals surface area contributed by atoms with Gasteiger partial charge in [-0.15, -0.1) is 0 Å². The Bertz CT molecular complexity index is 101. The van der Waals surface area contributed by atoms with Gasteiger partial charge in [-0.1, -0.05) is 19.9 Å². The maximum absolute atomic E-state index is 4.03. The second-order valence-corrected chi connectivity index (χ2v) is 2.28. The van der Waals surface area contributed by atoms with Crippen molar-refractivity contribution >= 4 is 6.21 Å². The molecular formula is C8H15N. The minimum atomic E-state index is 0.633. The molecule has 1 heteroatoms. The molecule has 0 amide bonds. The number of hydrogen-bond donors (Lipinski definition) is 0. The number of rotatable bonds is 3. The summed E-state index contributed by atoms with van der Waals surface area (Å²) < 4.78 is 0. The molecule has 0 aliphatic rings. The van der Waals surface area contributed by atoms with E-state index in [4.69, 9.17) is 0 Å². The highest BCUT2D eigenvalue weighted by Gasteiger charge is 1.78. The third-order valence-electron chi connectivity index (χ3n) is 0.870. The molecule has 0 N–H and O–H groups in total. The lowest BCUT2D eigenvalue weighted by molar-refractivity contribution is 0.833. The molecule has 0 aliphatic heterocycles. The van der Waals surface area contributed by atoms with Crippen molar-refractivity contribution in [3.8, 4) is 0 Å². The summed E-state index contributed by atoms with van der Waals surface area (Å²) in [5.41, 5.74) is 0. The van der Waals surface area contributed by atoms with Crippen LogP contribution in [0, 0.1) is 5.92 Å². The highest BCUT2D eigenvalue weighted by molar-refractivity contribution is 5.70. The van der Waals surface area contributed by atoms with Crippen molar-refractivity contribution in [1.29, 1.82) is 0 Å². The van der Waals surface area contributed by atoms with Gasteiger partial charge < -0.3 is 0 Å². The zero-order chi connectivity index (χ0) is 7.11. The Morgan fingerprint density at radius 3 is 2.56 bits per heavy atom. The van der Waals surface area contributed by atoms with Crippen LogP contribution >= 0.6 is 0 Å². The molecule has 0 aromatic carbocycles. The van der Waals surface area contributed by atoms with E-state index in [1.807, 2.05) is 19.2 Å². The van der Waals surface area contributed by atoms with E-state index in [2.05, 4.69) is 24.9 Å². The fourth-order valence-electron chi connectivity index (χ4n) is 0.438. The Balaban J connectivity index is 3.35. The fourth-order valence-corrected chi connectivity index (χ4v) is 0.438. The Hall–Kier alpha value is -0.590. The summed E-state index contributed by atoms with van der Waals surface area (Å²) in [6.45, 7) is 7.20. The van der Waals surface area contributed by atoms with Gasteiger partial charge in [0.15, 0.2) is 0 Å². The first-order valence-electron chi connectivity index (χ1n) is 3.44. The lowest BCUT2D eigenvalue weighted by Crippen LogP contribution is -1.77. The molecule has 0 saturated carbocycles. The molecule has 0 bridgehead atoms. The van der Waals surface area contributed by atoms with E-state index in [0.717, 1.165) is 6.54 Å². The molecule has 0 unspecified atom stereocenters. The van der Waals surface area contributed by atoms with Crippen molar-refractivity contribution in [1.82, 2.24) is 0 Å². The van der Waals surface area contributed by atoms with Crippen LogP contribution in [-0.4, -0.2) is 12.8 Å². The molecule has 0 heterocycles. The third-order valence-corrected chi connectivity index (χ3v) is 0.870. The molecule has 0 rings (SSSR count). The van der Waals surface area contributed by atoms with Crippen LogP contribution in [0.15, 0.2) is 17.1 Å². The van der Waals surface area contributed by atoms with E-state index in [1.54, 1.807) is 0 Å². The quantitative estimate of drug-likeness (QED) is 0.513. The van der Waals surface area contributed by atoms with E-state index in [0.29, 0.717) is 5.92 Å². The second kappa shape index (κ2) is 5.54. The Morgan fingerprint density at radius 2 is 2.11 bits per heavy atom. The summed E-state index contributed by atoms with van der Waals surface area (Å²) >= 11 is 0. The van der Waals surface area contributed by atoms with E-state index < -0.39 is 0 Å². The van der Waals surface area contributed by atoms with Crippen LogP contribution in [0.3, 0.4) is 0 Å². The van der Waals surface area contributed by atoms with Crippen molar-refractivity contribution in [3.05, 3.63) is 12.2 Å². The van der Waals surface area contributed by atoms with Crippen molar-refractivity contribution in [2.24, 2.45) is 10.9 Å². The Morgan fingerprint density at radius 1 is 1.44 bits per heavy atom. The first kappa shape index (κ1) is 8.41.